The molecule has 0 heterocycles. The number of esters is 1. The molecule has 0 aromatic heterocycles. The molecule has 1 aromatic carbocycles. The third-order valence-electron chi connectivity index (χ3n) is 2.26. The molecule has 4 nitrogen and oxygen atoms in total. The number of carbonyl (C=O) groups excluding carboxylic acids is 1. The van der Waals surface area contributed by atoms with E-state index in [1.165, 1.54) is 12.1 Å². The Hall–Kier alpha value is -1.93. The monoisotopic (exact) mass is 237 g/mol. The zero-order valence-electron chi connectivity index (χ0n) is 9.36. The van der Waals surface area contributed by atoms with E-state index in [1.807, 2.05) is 0 Å². The third-order valence-corrected chi connectivity index (χ3v) is 2.26. The lowest BCUT2D eigenvalue weighted by atomic mass is 10.0. The normalized spacial score (nSPS) is 9.76. The van der Waals surface area contributed by atoms with Crippen molar-refractivity contribution in [3.63, 3.8) is 0 Å². The van der Waals surface area contributed by atoms with Gasteiger partial charge in [0.05, 0.1) is 25.2 Å². The second kappa shape index (κ2) is 5.97. The van der Waals surface area contributed by atoms with E-state index in [1.54, 1.807) is 13.0 Å². The van der Waals surface area contributed by atoms with Gasteiger partial charge in [0.15, 0.2) is 0 Å². The van der Waals surface area contributed by atoms with Gasteiger partial charge in [-0.3, -0.25) is 4.79 Å². The van der Waals surface area contributed by atoms with Crippen LogP contribution in [0.2, 0.25) is 0 Å². The minimum atomic E-state index is -0.771. The van der Waals surface area contributed by atoms with Crippen LogP contribution < -0.4 is 0 Å². The summed E-state index contributed by atoms with van der Waals surface area (Å²) in [4.78, 5) is 11.3. The first kappa shape index (κ1) is 13.1. The van der Waals surface area contributed by atoms with Crippen molar-refractivity contribution in [3.8, 4) is 6.07 Å². The molecule has 1 N–H and O–H groups in total. The van der Waals surface area contributed by atoms with Gasteiger partial charge in [0.25, 0.3) is 0 Å². The molecule has 0 radical (unpaired) electrons. The predicted molar refractivity (Wildman–Crippen MR) is 57.4 cm³/mol. The lowest BCUT2D eigenvalue weighted by Crippen LogP contribution is -2.12. The summed E-state index contributed by atoms with van der Waals surface area (Å²) in [5.41, 5.74) is 0.154. The molecule has 0 fully saturated rings. The lowest BCUT2D eigenvalue weighted by Gasteiger charge is -2.09. The Morgan fingerprint density at radius 2 is 2.29 bits per heavy atom. The molecule has 1 aromatic rings. The Labute approximate surface area is 98.2 Å². The number of rotatable bonds is 4. The van der Waals surface area contributed by atoms with Crippen LogP contribution in [0.25, 0.3) is 0 Å². The van der Waals surface area contributed by atoms with Gasteiger partial charge in [-0.2, -0.15) is 5.26 Å². The fourth-order valence-corrected chi connectivity index (χ4v) is 1.44. The van der Waals surface area contributed by atoms with Crippen LogP contribution in [0.15, 0.2) is 12.1 Å². The quantitative estimate of drug-likeness (QED) is 0.801. The summed E-state index contributed by atoms with van der Waals surface area (Å²) in [5.74, 6) is -1.36. The van der Waals surface area contributed by atoms with E-state index in [2.05, 4.69) is 0 Å². The first-order valence-electron chi connectivity index (χ1n) is 5.10. The van der Waals surface area contributed by atoms with Crippen molar-refractivity contribution in [2.75, 3.05) is 6.61 Å². The van der Waals surface area contributed by atoms with Crippen LogP contribution in [-0.4, -0.2) is 17.7 Å². The predicted octanol–water partition coefficient (Wildman–Crippen LogP) is 1.30. The molecular weight excluding hydrogens is 225 g/mol. The zero-order valence-corrected chi connectivity index (χ0v) is 9.36. The number of carbonyl (C=O) groups is 1. The van der Waals surface area contributed by atoms with E-state index >= 15 is 0 Å². The number of halogens is 1. The van der Waals surface area contributed by atoms with Crippen molar-refractivity contribution in [2.24, 2.45) is 0 Å². The standard InChI is InChI=1S/C12H12FNO3/c1-2-17-11(16)5-10-9(7-15)4-3-8(6-14)12(10)13/h3-4,15H,2,5,7H2,1H3. The molecule has 0 amide bonds. The van der Waals surface area contributed by atoms with Gasteiger partial charge in [0.1, 0.15) is 11.9 Å². The Morgan fingerprint density at radius 1 is 1.59 bits per heavy atom. The van der Waals surface area contributed by atoms with E-state index < -0.39 is 18.4 Å². The fraction of sp³-hybridized carbons (Fsp3) is 0.333. The maximum absolute atomic E-state index is 13.8. The molecule has 90 valence electrons. The number of nitrogens with zero attached hydrogens (tertiary/aromatic N) is 1. The highest BCUT2D eigenvalue weighted by Gasteiger charge is 2.16. The van der Waals surface area contributed by atoms with Crippen LogP contribution in [0.5, 0.6) is 0 Å². The van der Waals surface area contributed by atoms with Crippen LogP contribution in [0.4, 0.5) is 4.39 Å². The van der Waals surface area contributed by atoms with E-state index in [4.69, 9.17) is 15.1 Å². The molecule has 5 heteroatoms. The Morgan fingerprint density at radius 3 is 2.82 bits per heavy atom. The fourth-order valence-electron chi connectivity index (χ4n) is 1.44. The number of aliphatic hydroxyl groups excluding tert-OH is 1. The summed E-state index contributed by atoms with van der Waals surface area (Å²) in [6.07, 6.45) is -0.287. The first-order chi connectivity index (χ1) is 8.13. The highest BCUT2D eigenvalue weighted by Crippen LogP contribution is 2.18. The number of hydrogen-bond donors (Lipinski definition) is 1. The molecule has 17 heavy (non-hydrogen) atoms. The summed E-state index contributed by atoms with van der Waals surface area (Å²) in [6.45, 7) is 1.46. The molecule has 0 aliphatic heterocycles. The van der Waals surface area contributed by atoms with E-state index in [0.717, 1.165) is 0 Å². The number of ether oxygens (including phenoxy) is 1. The van der Waals surface area contributed by atoms with Crippen LogP contribution >= 0.6 is 0 Å². The Kier molecular flexibility index (Phi) is 4.61. The average molecular weight is 237 g/mol. The van der Waals surface area contributed by atoms with E-state index in [9.17, 15) is 9.18 Å². The van der Waals surface area contributed by atoms with Gasteiger partial charge in [-0.05, 0) is 18.6 Å². The Balaban J connectivity index is 3.11. The minimum Gasteiger partial charge on any atom is -0.466 e. The van der Waals surface area contributed by atoms with Crippen LogP contribution in [-0.2, 0) is 22.6 Å². The van der Waals surface area contributed by atoms with Gasteiger partial charge in [-0.25, -0.2) is 4.39 Å². The molecule has 0 saturated heterocycles. The summed E-state index contributed by atoms with van der Waals surface area (Å²) < 4.78 is 18.5. The van der Waals surface area contributed by atoms with Gasteiger partial charge < -0.3 is 9.84 Å². The van der Waals surface area contributed by atoms with Gasteiger partial charge in [-0.1, -0.05) is 6.07 Å². The topological polar surface area (TPSA) is 70.3 Å². The maximum atomic E-state index is 13.8. The van der Waals surface area contributed by atoms with Crippen molar-refractivity contribution in [1.29, 1.82) is 5.26 Å². The van der Waals surface area contributed by atoms with Gasteiger partial charge >= 0.3 is 5.97 Å². The molecule has 0 atom stereocenters. The molecule has 0 saturated carbocycles. The zero-order chi connectivity index (χ0) is 12.8. The molecule has 1 rings (SSSR count). The minimum absolute atomic E-state index is 0.0185. The number of benzene rings is 1. The third kappa shape index (κ3) is 3.02. The van der Waals surface area contributed by atoms with Gasteiger partial charge in [-0.15, -0.1) is 0 Å². The van der Waals surface area contributed by atoms with Gasteiger partial charge in [0.2, 0.25) is 0 Å². The highest BCUT2D eigenvalue weighted by atomic mass is 19.1. The maximum Gasteiger partial charge on any atom is 0.310 e. The lowest BCUT2D eigenvalue weighted by molar-refractivity contribution is -0.142. The van der Waals surface area contributed by atoms with Crippen molar-refractivity contribution in [3.05, 3.63) is 34.6 Å². The van der Waals surface area contributed by atoms with Crippen molar-refractivity contribution in [1.82, 2.24) is 0 Å². The van der Waals surface area contributed by atoms with Crippen molar-refractivity contribution < 1.29 is 19.0 Å². The van der Waals surface area contributed by atoms with E-state index in [-0.39, 0.29) is 29.7 Å². The number of nitriles is 1. The van der Waals surface area contributed by atoms with Crippen LogP contribution in [0.1, 0.15) is 23.6 Å². The first-order valence-corrected chi connectivity index (χ1v) is 5.10. The molecule has 0 spiro atoms. The SMILES string of the molecule is CCOC(=O)Cc1c(CO)ccc(C#N)c1F. The molecule has 0 aliphatic rings. The smallest absolute Gasteiger partial charge is 0.310 e. The summed E-state index contributed by atoms with van der Waals surface area (Å²) in [6, 6.07) is 4.38. The molecule has 0 aliphatic carbocycles. The molecule has 0 unspecified atom stereocenters. The second-order valence-corrected chi connectivity index (χ2v) is 3.32. The van der Waals surface area contributed by atoms with E-state index in [0.29, 0.717) is 0 Å². The van der Waals surface area contributed by atoms with Gasteiger partial charge in [0, 0.05) is 5.56 Å². The van der Waals surface area contributed by atoms with Crippen molar-refractivity contribution >= 4 is 5.97 Å². The van der Waals surface area contributed by atoms with Crippen LogP contribution in [0, 0.1) is 17.1 Å². The van der Waals surface area contributed by atoms with Crippen LogP contribution in [0.3, 0.4) is 0 Å². The molecule has 0 bridgehead atoms. The summed E-state index contributed by atoms with van der Waals surface area (Å²) in [5, 5.41) is 17.7. The largest absolute Gasteiger partial charge is 0.466 e. The van der Waals surface area contributed by atoms with Crippen molar-refractivity contribution in [2.45, 2.75) is 20.0 Å². The second-order valence-electron chi connectivity index (χ2n) is 3.32. The molecular formula is C12H12FNO3. The number of hydrogen-bond acceptors (Lipinski definition) is 4. The summed E-state index contributed by atoms with van der Waals surface area (Å²) >= 11 is 0. The summed E-state index contributed by atoms with van der Waals surface area (Å²) in [7, 11) is 0. The Bertz CT molecular complexity index is 466. The number of aliphatic hydroxyl groups is 1. The highest BCUT2D eigenvalue weighted by molar-refractivity contribution is 5.73. The average Bonchev–Trinajstić information content (AvgIpc) is 2.32.